The van der Waals surface area contributed by atoms with Gasteiger partial charge >= 0.3 is 0 Å². The number of aryl methyl sites for hydroxylation is 1. The van der Waals surface area contributed by atoms with E-state index in [-0.39, 0.29) is 41.2 Å². The summed E-state index contributed by atoms with van der Waals surface area (Å²) in [7, 11) is 1.68. The van der Waals surface area contributed by atoms with Gasteiger partial charge in [-0.3, -0.25) is 9.48 Å². The van der Waals surface area contributed by atoms with Crippen LogP contribution in [0.3, 0.4) is 0 Å². The molecule has 11 heteroatoms. The van der Waals surface area contributed by atoms with Crippen LogP contribution in [0, 0.1) is 11.3 Å². The van der Waals surface area contributed by atoms with Gasteiger partial charge in [-0.2, -0.15) is 15.5 Å². The van der Waals surface area contributed by atoms with E-state index in [0.29, 0.717) is 33.3 Å². The first-order valence-corrected chi connectivity index (χ1v) is 10.6. The minimum absolute atomic E-state index is 0.00509. The second-order valence-electron chi connectivity index (χ2n) is 7.61. The molecule has 0 unspecified atom stereocenters. The molecule has 2 atom stereocenters. The van der Waals surface area contributed by atoms with E-state index in [1.54, 1.807) is 31.4 Å². The van der Waals surface area contributed by atoms with Gasteiger partial charge < -0.3 is 10.5 Å². The SMILES string of the molecule is Cn1ncc(-c2ccc3c(=O)[nH]nc(CN)c3c2)c1/C=C(C#N)/C(=C\C(Cl)=C\F)O[C@H]1C[C@@H]1F. The zero-order valence-corrected chi connectivity index (χ0v) is 18.7. The standard InChI is InChI=1S/C23H19ClF2N6O2/c1-32-20(5-13(9-27)21(6-14(24)8-25)34-22-7-18(22)26)17(11-29-32)12-2-3-15-16(4-12)19(10-28)30-31-23(15)33/h2-6,8,11,18,22H,7,10,28H2,1H3,(H,31,33)/b13-5+,14-8-,21-6+/t18-,22-/m0/s1. The van der Waals surface area contributed by atoms with Crippen molar-refractivity contribution >= 4 is 28.4 Å². The molecule has 174 valence electrons. The Morgan fingerprint density at radius 1 is 1.47 bits per heavy atom. The van der Waals surface area contributed by atoms with Crippen molar-refractivity contribution in [2.75, 3.05) is 0 Å². The largest absolute Gasteiger partial charge is 0.486 e. The van der Waals surface area contributed by atoms with E-state index >= 15 is 0 Å². The smallest absolute Gasteiger partial charge is 0.272 e. The van der Waals surface area contributed by atoms with Crippen LogP contribution >= 0.6 is 11.6 Å². The maximum absolute atomic E-state index is 13.4. The fourth-order valence-corrected chi connectivity index (χ4v) is 3.54. The molecule has 1 fully saturated rings. The van der Waals surface area contributed by atoms with Gasteiger partial charge in [0.05, 0.1) is 33.6 Å². The molecule has 0 amide bonds. The zero-order chi connectivity index (χ0) is 24.4. The molecule has 1 saturated carbocycles. The van der Waals surface area contributed by atoms with Crippen LogP contribution in [0.15, 0.2) is 58.0 Å². The molecule has 8 nitrogen and oxygen atoms in total. The van der Waals surface area contributed by atoms with Crippen molar-refractivity contribution in [3.8, 4) is 17.2 Å². The summed E-state index contributed by atoms with van der Waals surface area (Å²) in [6.07, 6.45) is 2.66. The van der Waals surface area contributed by atoms with Gasteiger partial charge in [-0.05, 0) is 23.8 Å². The lowest BCUT2D eigenvalue weighted by Crippen LogP contribution is -2.13. The van der Waals surface area contributed by atoms with Crippen molar-refractivity contribution in [2.45, 2.75) is 25.2 Å². The number of hydrogen-bond acceptors (Lipinski definition) is 6. The number of nitriles is 1. The maximum Gasteiger partial charge on any atom is 0.272 e. The summed E-state index contributed by atoms with van der Waals surface area (Å²) in [5.74, 6) is -0.0571. The average Bonchev–Trinajstić information content (AvgIpc) is 3.41. The second kappa shape index (κ2) is 9.59. The first kappa shape index (κ1) is 23.4. The number of H-pyrrole nitrogens is 1. The van der Waals surface area contributed by atoms with Crippen molar-refractivity contribution < 1.29 is 13.5 Å². The first-order valence-electron chi connectivity index (χ1n) is 10.2. The van der Waals surface area contributed by atoms with E-state index < -0.39 is 12.3 Å². The molecule has 1 aromatic carbocycles. The van der Waals surface area contributed by atoms with Crippen molar-refractivity contribution in [1.82, 2.24) is 20.0 Å². The molecule has 1 aliphatic rings. The van der Waals surface area contributed by atoms with Gasteiger partial charge in [0.25, 0.3) is 5.56 Å². The van der Waals surface area contributed by atoms with Gasteiger partial charge in [-0.25, -0.2) is 13.9 Å². The number of fused-ring (bicyclic) bond motifs is 1. The molecule has 3 N–H and O–H groups in total. The Balaban J connectivity index is 1.83. The quantitative estimate of drug-likeness (QED) is 0.299. The summed E-state index contributed by atoms with van der Waals surface area (Å²) >= 11 is 5.78. The molecule has 3 aromatic rings. The fourth-order valence-electron chi connectivity index (χ4n) is 3.44. The molecule has 1 aliphatic carbocycles. The Kier molecular flexibility index (Phi) is 6.58. The third-order valence-electron chi connectivity index (χ3n) is 5.33. The number of aromatic nitrogens is 4. The Hall–Kier alpha value is -3.81. The van der Waals surface area contributed by atoms with E-state index in [1.165, 1.54) is 10.8 Å². The van der Waals surface area contributed by atoms with Crippen LogP contribution in [0.1, 0.15) is 17.8 Å². The predicted molar refractivity (Wildman–Crippen MR) is 124 cm³/mol. The Morgan fingerprint density at radius 3 is 2.88 bits per heavy atom. The molecule has 34 heavy (non-hydrogen) atoms. The van der Waals surface area contributed by atoms with Crippen LogP contribution in [0.5, 0.6) is 0 Å². The molecule has 0 bridgehead atoms. The van der Waals surface area contributed by atoms with E-state index in [2.05, 4.69) is 15.3 Å². The van der Waals surface area contributed by atoms with E-state index in [1.807, 2.05) is 6.07 Å². The highest BCUT2D eigenvalue weighted by Crippen LogP contribution is 2.35. The molecule has 0 saturated heterocycles. The summed E-state index contributed by atoms with van der Waals surface area (Å²) < 4.78 is 33.4. The van der Waals surface area contributed by atoms with Crippen molar-refractivity contribution in [3.05, 3.63) is 74.9 Å². The van der Waals surface area contributed by atoms with E-state index in [9.17, 15) is 18.8 Å². The van der Waals surface area contributed by atoms with Gasteiger partial charge in [-0.1, -0.05) is 17.7 Å². The minimum atomic E-state index is -1.16. The fraction of sp³-hybridized carbons (Fsp3) is 0.217. The Bertz CT molecular complexity index is 1450. The van der Waals surface area contributed by atoms with Crippen LogP contribution in [0.25, 0.3) is 28.0 Å². The minimum Gasteiger partial charge on any atom is -0.486 e. The summed E-state index contributed by atoms with van der Waals surface area (Å²) in [6.45, 7) is 0.125. The highest BCUT2D eigenvalue weighted by atomic mass is 35.5. The van der Waals surface area contributed by atoms with Gasteiger partial charge in [0.15, 0.2) is 0 Å². The molecule has 0 spiro atoms. The van der Waals surface area contributed by atoms with Crippen molar-refractivity contribution in [1.29, 1.82) is 5.26 Å². The van der Waals surface area contributed by atoms with Gasteiger partial charge in [0, 0.05) is 37.0 Å². The molecular formula is C23H19ClF2N6O2. The number of benzene rings is 1. The van der Waals surface area contributed by atoms with Gasteiger partial charge in [0.1, 0.15) is 30.4 Å². The molecule has 2 aromatic heterocycles. The topological polar surface area (TPSA) is 123 Å². The summed E-state index contributed by atoms with van der Waals surface area (Å²) in [4.78, 5) is 12.1. The van der Waals surface area contributed by atoms with Crippen LogP contribution < -0.4 is 11.3 Å². The number of ether oxygens (including phenoxy) is 1. The Labute approximate surface area is 197 Å². The normalized spacial score (nSPS) is 18.8. The lowest BCUT2D eigenvalue weighted by Gasteiger charge is -2.10. The number of nitrogens with two attached hydrogens (primary N) is 1. The second-order valence-corrected chi connectivity index (χ2v) is 8.05. The summed E-state index contributed by atoms with van der Waals surface area (Å²) in [5, 5.41) is 21.2. The third kappa shape index (κ3) is 4.62. The zero-order valence-electron chi connectivity index (χ0n) is 17.9. The lowest BCUT2D eigenvalue weighted by atomic mass is 10.0. The molecule has 2 heterocycles. The van der Waals surface area contributed by atoms with E-state index in [4.69, 9.17) is 22.1 Å². The van der Waals surface area contributed by atoms with Crippen LogP contribution in [0.2, 0.25) is 0 Å². The van der Waals surface area contributed by atoms with Gasteiger partial charge in [-0.15, -0.1) is 0 Å². The average molecular weight is 485 g/mol. The predicted octanol–water partition coefficient (Wildman–Crippen LogP) is 3.75. The number of aromatic amines is 1. The van der Waals surface area contributed by atoms with Gasteiger partial charge in [0.2, 0.25) is 0 Å². The number of rotatable bonds is 7. The number of alkyl halides is 1. The first-order chi connectivity index (χ1) is 16.4. The number of allylic oxidation sites excluding steroid dienone is 3. The van der Waals surface area contributed by atoms with Crippen molar-refractivity contribution in [3.63, 3.8) is 0 Å². The van der Waals surface area contributed by atoms with Crippen molar-refractivity contribution in [2.24, 2.45) is 12.8 Å². The number of halogens is 3. The van der Waals surface area contributed by atoms with E-state index in [0.717, 1.165) is 6.08 Å². The Morgan fingerprint density at radius 2 is 2.24 bits per heavy atom. The molecule has 0 radical (unpaired) electrons. The third-order valence-corrected chi connectivity index (χ3v) is 5.52. The summed E-state index contributed by atoms with van der Waals surface area (Å²) in [6, 6.07) is 7.17. The van der Waals surface area contributed by atoms with Crippen LogP contribution in [-0.2, 0) is 18.3 Å². The number of hydrogen-bond donors (Lipinski definition) is 2. The number of nitrogens with one attached hydrogen (secondary N) is 1. The summed E-state index contributed by atoms with van der Waals surface area (Å²) in [5.41, 5.74) is 7.82. The lowest BCUT2D eigenvalue weighted by molar-refractivity contribution is 0.179. The maximum atomic E-state index is 13.4. The van der Waals surface area contributed by atoms with Crippen LogP contribution in [-0.4, -0.2) is 32.3 Å². The number of nitrogens with zero attached hydrogens (tertiary/aromatic N) is 4. The molecular weight excluding hydrogens is 466 g/mol. The highest BCUT2D eigenvalue weighted by Gasteiger charge is 2.41. The monoisotopic (exact) mass is 484 g/mol. The highest BCUT2D eigenvalue weighted by molar-refractivity contribution is 6.31. The molecule has 4 rings (SSSR count). The van der Waals surface area contributed by atoms with Crippen LogP contribution in [0.4, 0.5) is 8.78 Å². The molecule has 0 aliphatic heterocycles.